The van der Waals surface area contributed by atoms with Crippen LogP contribution in [0.5, 0.6) is 5.75 Å². The Labute approximate surface area is 199 Å². The first-order valence-electron chi connectivity index (χ1n) is 11.8. The number of imidazole rings is 1. The Bertz CT molecular complexity index is 1210. The molecule has 3 aromatic carbocycles. The van der Waals surface area contributed by atoms with Gasteiger partial charge >= 0.3 is 5.97 Å². The van der Waals surface area contributed by atoms with E-state index in [2.05, 4.69) is 35.3 Å². The third kappa shape index (κ3) is 4.74. The Morgan fingerprint density at radius 1 is 0.912 bits per heavy atom. The molecule has 0 radical (unpaired) electrons. The SMILES string of the molecule is O=C(O)C(Cn1cnc(C(c2ccccc2)c2ccccc2)c1)Oc1cccc2c1CCCC2. The summed E-state index contributed by atoms with van der Waals surface area (Å²) < 4.78 is 7.89. The number of nitrogens with zero attached hydrogens (tertiary/aromatic N) is 2. The van der Waals surface area contributed by atoms with Crippen molar-refractivity contribution in [3.8, 4) is 5.75 Å². The minimum Gasteiger partial charge on any atom is -0.478 e. The molecule has 1 N–H and O–H groups in total. The molecule has 0 amide bonds. The van der Waals surface area contributed by atoms with Crippen molar-refractivity contribution in [2.75, 3.05) is 0 Å². The highest BCUT2D eigenvalue weighted by Crippen LogP contribution is 2.32. The van der Waals surface area contributed by atoms with Gasteiger partial charge in [0.2, 0.25) is 6.10 Å². The number of carbonyl (C=O) groups is 1. The number of carboxylic acid groups (broad SMARTS) is 1. The van der Waals surface area contributed by atoms with Gasteiger partial charge in [-0.25, -0.2) is 9.78 Å². The maximum Gasteiger partial charge on any atom is 0.346 e. The zero-order chi connectivity index (χ0) is 23.3. The number of fused-ring (bicyclic) bond motifs is 1. The highest BCUT2D eigenvalue weighted by Gasteiger charge is 2.25. The summed E-state index contributed by atoms with van der Waals surface area (Å²) in [5.41, 5.74) is 5.58. The summed E-state index contributed by atoms with van der Waals surface area (Å²) in [6.07, 6.45) is 6.87. The number of aryl methyl sites for hydroxylation is 1. The predicted octanol–water partition coefficient (Wildman–Crippen LogP) is 5.47. The largest absolute Gasteiger partial charge is 0.478 e. The first kappa shape index (κ1) is 22.0. The first-order chi connectivity index (χ1) is 16.7. The summed E-state index contributed by atoms with van der Waals surface area (Å²) in [5.74, 6) is -0.322. The van der Waals surface area contributed by atoms with Crippen molar-refractivity contribution in [2.24, 2.45) is 0 Å². The lowest BCUT2D eigenvalue weighted by Crippen LogP contribution is -2.32. The van der Waals surface area contributed by atoms with E-state index < -0.39 is 12.1 Å². The Morgan fingerprint density at radius 3 is 2.26 bits per heavy atom. The number of aliphatic carboxylic acids is 1. The fourth-order valence-electron chi connectivity index (χ4n) is 4.82. The van der Waals surface area contributed by atoms with Crippen LogP contribution >= 0.6 is 0 Å². The molecule has 34 heavy (non-hydrogen) atoms. The standard InChI is InChI=1S/C29H28N2O3/c32-29(33)27(34-26-17-9-15-21-10-7-8-16-24(21)26)19-31-18-25(30-20-31)28(22-11-3-1-4-12-22)23-13-5-2-6-14-23/h1-6,9,11-15,17-18,20,27-28H,7-8,10,16,19H2,(H,32,33). The Morgan fingerprint density at radius 2 is 1.59 bits per heavy atom. The zero-order valence-electron chi connectivity index (χ0n) is 19.0. The second-order valence-electron chi connectivity index (χ2n) is 8.80. The van der Waals surface area contributed by atoms with Crippen LogP contribution in [0.25, 0.3) is 0 Å². The predicted molar refractivity (Wildman–Crippen MR) is 131 cm³/mol. The van der Waals surface area contributed by atoms with E-state index in [-0.39, 0.29) is 12.5 Å². The van der Waals surface area contributed by atoms with Crippen molar-refractivity contribution in [2.45, 2.75) is 44.2 Å². The van der Waals surface area contributed by atoms with Gasteiger partial charge in [-0.15, -0.1) is 0 Å². The van der Waals surface area contributed by atoms with E-state index in [1.54, 1.807) is 6.33 Å². The van der Waals surface area contributed by atoms with Gasteiger partial charge in [-0.05, 0) is 54.0 Å². The molecule has 0 saturated heterocycles. The molecule has 172 valence electrons. The fourth-order valence-corrected chi connectivity index (χ4v) is 4.82. The fraction of sp³-hybridized carbons (Fsp3) is 0.241. The van der Waals surface area contributed by atoms with E-state index in [1.807, 2.05) is 59.3 Å². The molecule has 0 saturated carbocycles. The molecule has 1 heterocycles. The molecule has 0 fully saturated rings. The summed E-state index contributed by atoms with van der Waals surface area (Å²) in [5, 5.41) is 9.91. The van der Waals surface area contributed by atoms with Gasteiger partial charge < -0.3 is 14.4 Å². The van der Waals surface area contributed by atoms with E-state index in [0.29, 0.717) is 5.75 Å². The molecule has 5 rings (SSSR count). The highest BCUT2D eigenvalue weighted by molar-refractivity contribution is 5.72. The molecule has 0 spiro atoms. The van der Waals surface area contributed by atoms with Crippen molar-refractivity contribution in [3.63, 3.8) is 0 Å². The average Bonchev–Trinajstić information content (AvgIpc) is 3.33. The van der Waals surface area contributed by atoms with Crippen LogP contribution in [0, 0.1) is 0 Å². The van der Waals surface area contributed by atoms with Crippen molar-refractivity contribution in [3.05, 3.63) is 119 Å². The summed E-state index contributed by atoms with van der Waals surface area (Å²) in [7, 11) is 0. The van der Waals surface area contributed by atoms with Crippen LogP contribution < -0.4 is 4.74 Å². The van der Waals surface area contributed by atoms with Gasteiger partial charge in [0.05, 0.1) is 24.5 Å². The molecule has 4 aromatic rings. The second kappa shape index (κ2) is 9.96. The molecule has 5 nitrogen and oxygen atoms in total. The minimum atomic E-state index is -0.998. The third-order valence-electron chi connectivity index (χ3n) is 6.49. The van der Waals surface area contributed by atoms with Crippen LogP contribution in [0.4, 0.5) is 0 Å². The number of rotatable bonds is 8. The molecule has 5 heteroatoms. The monoisotopic (exact) mass is 452 g/mol. The molecule has 1 aliphatic rings. The van der Waals surface area contributed by atoms with Crippen LogP contribution in [-0.4, -0.2) is 26.7 Å². The number of benzene rings is 3. The number of aromatic nitrogens is 2. The van der Waals surface area contributed by atoms with Crippen molar-refractivity contribution >= 4 is 5.97 Å². The number of ether oxygens (including phenoxy) is 1. The molecule has 1 aliphatic carbocycles. The lowest BCUT2D eigenvalue weighted by molar-refractivity contribution is -0.145. The lowest BCUT2D eigenvalue weighted by Gasteiger charge is -2.22. The lowest BCUT2D eigenvalue weighted by atomic mass is 9.89. The Kier molecular flexibility index (Phi) is 6.43. The molecular formula is C29H28N2O3. The molecule has 1 aromatic heterocycles. The second-order valence-corrected chi connectivity index (χ2v) is 8.80. The molecular weight excluding hydrogens is 424 g/mol. The smallest absolute Gasteiger partial charge is 0.346 e. The summed E-state index contributed by atoms with van der Waals surface area (Å²) in [6.45, 7) is 0.183. The van der Waals surface area contributed by atoms with E-state index in [4.69, 9.17) is 4.74 Å². The van der Waals surface area contributed by atoms with Crippen LogP contribution in [0.3, 0.4) is 0 Å². The average molecular weight is 453 g/mol. The van der Waals surface area contributed by atoms with Crippen LogP contribution in [0.2, 0.25) is 0 Å². The zero-order valence-corrected chi connectivity index (χ0v) is 19.0. The molecule has 1 atom stereocenters. The van der Waals surface area contributed by atoms with Gasteiger partial charge in [-0.2, -0.15) is 0 Å². The maximum atomic E-state index is 12.1. The van der Waals surface area contributed by atoms with Crippen LogP contribution in [0.15, 0.2) is 91.4 Å². The van der Waals surface area contributed by atoms with Gasteiger partial charge in [-0.1, -0.05) is 72.8 Å². The third-order valence-corrected chi connectivity index (χ3v) is 6.49. The summed E-state index contributed by atoms with van der Waals surface area (Å²) in [6, 6.07) is 26.4. The van der Waals surface area contributed by atoms with Crippen molar-refractivity contribution < 1.29 is 14.6 Å². The van der Waals surface area contributed by atoms with Crippen molar-refractivity contribution in [1.82, 2.24) is 9.55 Å². The van der Waals surface area contributed by atoms with E-state index in [9.17, 15) is 9.90 Å². The van der Waals surface area contributed by atoms with Crippen molar-refractivity contribution in [1.29, 1.82) is 0 Å². The topological polar surface area (TPSA) is 64.3 Å². The Hall–Kier alpha value is -3.86. The van der Waals surface area contributed by atoms with Gasteiger partial charge in [0, 0.05) is 6.20 Å². The number of hydrogen-bond acceptors (Lipinski definition) is 3. The molecule has 1 unspecified atom stereocenters. The molecule has 0 bridgehead atoms. The quantitative estimate of drug-likeness (QED) is 0.385. The number of carboxylic acids is 1. The maximum absolute atomic E-state index is 12.1. The number of hydrogen-bond donors (Lipinski definition) is 1. The Balaban J connectivity index is 1.40. The van der Waals surface area contributed by atoms with Gasteiger partial charge in [0.15, 0.2) is 0 Å². The van der Waals surface area contributed by atoms with Gasteiger partial charge in [0.1, 0.15) is 5.75 Å². The van der Waals surface area contributed by atoms with E-state index in [1.165, 1.54) is 12.0 Å². The summed E-state index contributed by atoms with van der Waals surface area (Å²) >= 11 is 0. The highest BCUT2D eigenvalue weighted by atomic mass is 16.5. The van der Waals surface area contributed by atoms with Gasteiger partial charge in [0.25, 0.3) is 0 Å². The summed E-state index contributed by atoms with van der Waals surface area (Å²) in [4.78, 5) is 16.8. The van der Waals surface area contributed by atoms with Crippen LogP contribution in [-0.2, 0) is 24.2 Å². The normalized spacial score (nSPS) is 13.9. The van der Waals surface area contributed by atoms with Gasteiger partial charge in [-0.3, -0.25) is 0 Å². The molecule has 0 aliphatic heterocycles. The minimum absolute atomic E-state index is 0.0333. The van der Waals surface area contributed by atoms with E-state index >= 15 is 0 Å². The van der Waals surface area contributed by atoms with E-state index in [0.717, 1.165) is 41.6 Å². The first-order valence-corrected chi connectivity index (χ1v) is 11.8. The van der Waals surface area contributed by atoms with Crippen LogP contribution in [0.1, 0.15) is 46.7 Å².